The SMILES string of the molecule is Cc1cc(C)c(C)c(O[C@@H](C)C(=O)Nc2cccc(OC(C)C)c2)c1. The number of benzene rings is 2. The van der Waals surface area contributed by atoms with Crippen LogP contribution in [-0.2, 0) is 4.79 Å². The molecule has 0 aliphatic rings. The Morgan fingerprint density at radius 1 is 1.00 bits per heavy atom. The van der Waals surface area contributed by atoms with Crippen molar-refractivity contribution in [1.82, 2.24) is 0 Å². The molecule has 2 aromatic carbocycles. The highest BCUT2D eigenvalue weighted by molar-refractivity contribution is 5.94. The number of carbonyl (C=O) groups is 1. The molecule has 0 saturated heterocycles. The summed E-state index contributed by atoms with van der Waals surface area (Å²) < 4.78 is 11.5. The second kappa shape index (κ2) is 8.06. The zero-order valence-corrected chi connectivity index (χ0v) is 15.8. The molecule has 0 heterocycles. The van der Waals surface area contributed by atoms with E-state index >= 15 is 0 Å². The molecule has 0 saturated carbocycles. The standard InChI is InChI=1S/C21H27NO3/c1-13(2)24-19-9-7-8-18(12-19)22-21(23)17(6)25-20-11-14(3)10-15(4)16(20)5/h7-13,17H,1-6H3,(H,22,23)/t17-/m0/s1. The van der Waals surface area contributed by atoms with Crippen LogP contribution in [-0.4, -0.2) is 18.1 Å². The van der Waals surface area contributed by atoms with Gasteiger partial charge in [0.15, 0.2) is 6.10 Å². The number of aryl methyl sites for hydroxylation is 2. The van der Waals surface area contributed by atoms with E-state index in [9.17, 15) is 4.79 Å². The Morgan fingerprint density at radius 3 is 2.40 bits per heavy atom. The molecule has 0 spiro atoms. The predicted molar refractivity (Wildman–Crippen MR) is 102 cm³/mol. The Balaban J connectivity index is 2.06. The van der Waals surface area contributed by atoms with E-state index in [1.807, 2.05) is 65.0 Å². The molecule has 4 nitrogen and oxygen atoms in total. The van der Waals surface area contributed by atoms with Crippen LogP contribution >= 0.6 is 0 Å². The molecule has 1 atom stereocenters. The lowest BCUT2D eigenvalue weighted by Crippen LogP contribution is -2.30. The quantitative estimate of drug-likeness (QED) is 0.820. The lowest BCUT2D eigenvalue weighted by Gasteiger charge is -2.18. The van der Waals surface area contributed by atoms with Crippen molar-refractivity contribution < 1.29 is 14.3 Å². The number of hydrogen-bond donors (Lipinski definition) is 1. The number of amides is 1. The van der Waals surface area contributed by atoms with Gasteiger partial charge in [0, 0.05) is 11.8 Å². The van der Waals surface area contributed by atoms with Gasteiger partial charge in [0.25, 0.3) is 5.91 Å². The molecule has 134 valence electrons. The lowest BCUT2D eigenvalue weighted by molar-refractivity contribution is -0.122. The summed E-state index contributed by atoms with van der Waals surface area (Å²) >= 11 is 0. The molecule has 0 aliphatic carbocycles. The fourth-order valence-corrected chi connectivity index (χ4v) is 2.53. The van der Waals surface area contributed by atoms with Crippen LogP contribution in [0.2, 0.25) is 0 Å². The largest absolute Gasteiger partial charge is 0.491 e. The Morgan fingerprint density at radius 2 is 1.72 bits per heavy atom. The molecule has 2 rings (SSSR count). The van der Waals surface area contributed by atoms with E-state index in [2.05, 4.69) is 11.4 Å². The molecular formula is C21H27NO3. The van der Waals surface area contributed by atoms with Crippen LogP contribution in [0, 0.1) is 20.8 Å². The lowest BCUT2D eigenvalue weighted by atomic mass is 10.1. The zero-order chi connectivity index (χ0) is 18.6. The van der Waals surface area contributed by atoms with E-state index < -0.39 is 6.10 Å². The highest BCUT2D eigenvalue weighted by atomic mass is 16.5. The fourth-order valence-electron chi connectivity index (χ4n) is 2.53. The average Bonchev–Trinajstić information content (AvgIpc) is 2.51. The number of hydrogen-bond acceptors (Lipinski definition) is 3. The maximum Gasteiger partial charge on any atom is 0.265 e. The molecule has 0 aromatic heterocycles. The van der Waals surface area contributed by atoms with E-state index in [1.165, 1.54) is 0 Å². The van der Waals surface area contributed by atoms with Crippen LogP contribution in [0.3, 0.4) is 0 Å². The second-order valence-electron chi connectivity index (χ2n) is 6.65. The summed E-state index contributed by atoms with van der Waals surface area (Å²) in [5.41, 5.74) is 4.01. The third-order valence-electron chi connectivity index (χ3n) is 3.91. The van der Waals surface area contributed by atoms with Gasteiger partial charge in [-0.3, -0.25) is 4.79 Å². The van der Waals surface area contributed by atoms with E-state index in [4.69, 9.17) is 9.47 Å². The molecule has 0 fully saturated rings. The van der Waals surface area contributed by atoms with E-state index in [0.29, 0.717) is 5.69 Å². The summed E-state index contributed by atoms with van der Waals surface area (Å²) in [6.07, 6.45) is -0.518. The number of anilines is 1. The van der Waals surface area contributed by atoms with E-state index in [0.717, 1.165) is 28.2 Å². The summed E-state index contributed by atoms with van der Waals surface area (Å²) in [5, 5.41) is 2.88. The van der Waals surface area contributed by atoms with Crippen molar-refractivity contribution in [1.29, 1.82) is 0 Å². The molecule has 0 radical (unpaired) electrons. The van der Waals surface area contributed by atoms with Crippen LogP contribution in [0.15, 0.2) is 36.4 Å². The normalized spacial score (nSPS) is 12.0. The van der Waals surface area contributed by atoms with Crippen molar-refractivity contribution in [2.75, 3.05) is 5.32 Å². The van der Waals surface area contributed by atoms with Crippen molar-refractivity contribution in [3.05, 3.63) is 53.1 Å². The summed E-state index contributed by atoms with van der Waals surface area (Å²) in [4.78, 5) is 12.5. The van der Waals surface area contributed by atoms with Crippen molar-refractivity contribution in [2.24, 2.45) is 0 Å². The number of rotatable bonds is 6. The van der Waals surface area contributed by atoms with Gasteiger partial charge in [-0.05, 0) is 76.4 Å². The minimum Gasteiger partial charge on any atom is -0.491 e. The molecule has 1 amide bonds. The Labute approximate surface area is 150 Å². The van der Waals surface area contributed by atoms with Gasteiger partial charge in [0.2, 0.25) is 0 Å². The Bertz CT molecular complexity index is 753. The van der Waals surface area contributed by atoms with Gasteiger partial charge in [0.1, 0.15) is 11.5 Å². The molecular weight excluding hydrogens is 314 g/mol. The van der Waals surface area contributed by atoms with Crippen molar-refractivity contribution >= 4 is 11.6 Å². The monoisotopic (exact) mass is 341 g/mol. The van der Waals surface area contributed by atoms with Crippen molar-refractivity contribution in [3.8, 4) is 11.5 Å². The van der Waals surface area contributed by atoms with Gasteiger partial charge in [-0.25, -0.2) is 0 Å². The van der Waals surface area contributed by atoms with E-state index in [-0.39, 0.29) is 12.0 Å². The van der Waals surface area contributed by atoms with E-state index in [1.54, 1.807) is 6.92 Å². The summed E-state index contributed by atoms with van der Waals surface area (Å²) in [5.74, 6) is 1.28. The van der Waals surface area contributed by atoms with Gasteiger partial charge >= 0.3 is 0 Å². The highest BCUT2D eigenvalue weighted by Gasteiger charge is 2.17. The van der Waals surface area contributed by atoms with Crippen LogP contribution in [0.5, 0.6) is 11.5 Å². The van der Waals surface area contributed by atoms with Crippen molar-refractivity contribution in [2.45, 2.75) is 53.8 Å². The van der Waals surface area contributed by atoms with Crippen LogP contribution < -0.4 is 14.8 Å². The van der Waals surface area contributed by atoms with Gasteiger partial charge in [-0.15, -0.1) is 0 Å². The Kier molecular flexibility index (Phi) is 6.07. The molecule has 0 aliphatic heterocycles. The average molecular weight is 341 g/mol. The topological polar surface area (TPSA) is 47.6 Å². The summed E-state index contributed by atoms with van der Waals surface area (Å²) in [6.45, 7) is 11.7. The maximum atomic E-state index is 12.5. The maximum absolute atomic E-state index is 12.5. The molecule has 4 heteroatoms. The molecule has 0 bridgehead atoms. The predicted octanol–water partition coefficient (Wildman–Crippen LogP) is 4.81. The molecule has 1 N–H and O–H groups in total. The third kappa shape index (κ3) is 5.24. The van der Waals surface area contributed by atoms with Gasteiger partial charge in [-0.1, -0.05) is 12.1 Å². The first-order valence-corrected chi connectivity index (χ1v) is 8.58. The molecule has 2 aromatic rings. The smallest absolute Gasteiger partial charge is 0.265 e. The minimum absolute atomic E-state index is 0.0840. The highest BCUT2D eigenvalue weighted by Crippen LogP contribution is 2.25. The molecule has 0 unspecified atom stereocenters. The minimum atomic E-state index is -0.602. The van der Waals surface area contributed by atoms with Crippen LogP contribution in [0.1, 0.15) is 37.5 Å². The fraction of sp³-hybridized carbons (Fsp3) is 0.381. The summed E-state index contributed by atoms with van der Waals surface area (Å²) in [7, 11) is 0. The van der Waals surface area contributed by atoms with Gasteiger partial charge in [-0.2, -0.15) is 0 Å². The molecule has 25 heavy (non-hydrogen) atoms. The first kappa shape index (κ1) is 18.8. The summed E-state index contributed by atoms with van der Waals surface area (Å²) in [6, 6.07) is 11.4. The van der Waals surface area contributed by atoms with Crippen molar-refractivity contribution in [3.63, 3.8) is 0 Å². The van der Waals surface area contributed by atoms with Gasteiger partial charge < -0.3 is 14.8 Å². The Hall–Kier alpha value is -2.49. The number of ether oxygens (including phenoxy) is 2. The zero-order valence-electron chi connectivity index (χ0n) is 15.8. The first-order chi connectivity index (χ1) is 11.8. The second-order valence-corrected chi connectivity index (χ2v) is 6.65. The van der Waals surface area contributed by atoms with Crippen LogP contribution in [0.25, 0.3) is 0 Å². The van der Waals surface area contributed by atoms with Gasteiger partial charge in [0.05, 0.1) is 6.10 Å². The van der Waals surface area contributed by atoms with Crippen LogP contribution in [0.4, 0.5) is 5.69 Å². The third-order valence-corrected chi connectivity index (χ3v) is 3.91. The number of nitrogens with one attached hydrogen (secondary N) is 1. The first-order valence-electron chi connectivity index (χ1n) is 8.58. The number of carbonyl (C=O) groups excluding carboxylic acids is 1.